The Morgan fingerprint density at radius 2 is 1.95 bits per heavy atom. The molecule has 19 heavy (non-hydrogen) atoms. The van der Waals surface area contributed by atoms with Gasteiger partial charge in [0.2, 0.25) is 0 Å². The van der Waals surface area contributed by atoms with Crippen LogP contribution in [0.2, 0.25) is 0 Å². The van der Waals surface area contributed by atoms with E-state index in [2.05, 4.69) is 37.0 Å². The second-order valence-corrected chi connectivity index (χ2v) is 4.43. The maximum absolute atomic E-state index is 11.3. The molecule has 3 nitrogen and oxygen atoms in total. The molecule has 0 aliphatic heterocycles. The van der Waals surface area contributed by atoms with E-state index in [9.17, 15) is 9.90 Å². The molecular formula is C16H17NO2. The van der Waals surface area contributed by atoms with Crippen molar-refractivity contribution in [2.24, 2.45) is 0 Å². The van der Waals surface area contributed by atoms with Crippen LogP contribution in [0, 0.1) is 0 Å². The van der Waals surface area contributed by atoms with Crippen molar-refractivity contribution in [1.29, 1.82) is 0 Å². The summed E-state index contributed by atoms with van der Waals surface area (Å²) in [5.41, 5.74) is 4.33. The lowest BCUT2D eigenvalue weighted by atomic mass is 9.93. The second-order valence-electron chi connectivity index (χ2n) is 4.43. The van der Waals surface area contributed by atoms with E-state index in [0.717, 1.165) is 24.0 Å². The minimum Gasteiger partial charge on any atom is -0.478 e. The molecule has 1 aromatic carbocycles. The summed E-state index contributed by atoms with van der Waals surface area (Å²) >= 11 is 0. The Morgan fingerprint density at radius 3 is 2.58 bits per heavy atom. The van der Waals surface area contributed by atoms with Gasteiger partial charge < -0.3 is 5.11 Å². The predicted molar refractivity (Wildman–Crippen MR) is 75.4 cm³/mol. The maximum Gasteiger partial charge on any atom is 0.336 e. The highest BCUT2D eigenvalue weighted by Gasteiger charge is 2.14. The van der Waals surface area contributed by atoms with E-state index in [-0.39, 0.29) is 0 Å². The molecule has 0 atom stereocenters. The van der Waals surface area contributed by atoms with Gasteiger partial charge in [-0.25, -0.2) is 4.79 Å². The lowest BCUT2D eigenvalue weighted by Crippen LogP contribution is -2.02. The van der Waals surface area contributed by atoms with Crippen molar-refractivity contribution in [3.05, 3.63) is 53.3 Å². The van der Waals surface area contributed by atoms with Gasteiger partial charge in [0.25, 0.3) is 0 Å². The zero-order chi connectivity index (χ0) is 13.8. The number of aryl methyl sites for hydroxylation is 2. The number of aromatic carboxylic acids is 1. The van der Waals surface area contributed by atoms with Crippen molar-refractivity contribution >= 4 is 5.97 Å². The number of carbonyl (C=O) groups is 1. The van der Waals surface area contributed by atoms with Crippen LogP contribution in [0.4, 0.5) is 0 Å². The van der Waals surface area contributed by atoms with Crippen LogP contribution in [0.3, 0.4) is 0 Å². The van der Waals surface area contributed by atoms with Gasteiger partial charge >= 0.3 is 5.97 Å². The molecule has 1 heterocycles. The van der Waals surface area contributed by atoms with Gasteiger partial charge in [0.05, 0.1) is 5.56 Å². The van der Waals surface area contributed by atoms with E-state index in [0.29, 0.717) is 11.1 Å². The first-order valence-corrected chi connectivity index (χ1v) is 6.46. The molecule has 0 aliphatic rings. The molecule has 0 radical (unpaired) electrons. The van der Waals surface area contributed by atoms with Gasteiger partial charge in [-0.1, -0.05) is 32.0 Å². The normalized spacial score (nSPS) is 10.4. The minimum absolute atomic E-state index is 0.304. The molecule has 0 spiro atoms. The number of aromatic nitrogens is 1. The number of hydrogen-bond acceptors (Lipinski definition) is 2. The van der Waals surface area contributed by atoms with Crippen LogP contribution in [-0.4, -0.2) is 16.1 Å². The number of pyridine rings is 1. The van der Waals surface area contributed by atoms with Crippen LogP contribution in [0.5, 0.6) is 0 Å². The number of benzene rings is 1. The van der Waals surface area contributed by atoms with Crippen LogP contribution < -0.4 is 0 Å². The quantitative estimate of drug-likeness (QED) is 0.908. The van der Waals surface area contributed by atoms with Crippen molar-refractivity contribution in [3.63, 3.8) is 0 Å². The first-order chi connectivity index (χ1) is 9.17. The summed E-state index contributed by atoms with van der Waals surface area (Å²) < 4.78 is 0. The number of nitrogens with zero attached hydrogens (tertiary/aromatic N) is 1. The lowest BCUT2D eigenvalue weighted by Gasteiger charge is -2.12. The summed E-state index contributed by atoms with van der Waals surface area (Å²) in [5, 5.41) is 9.29. The van der Waals surface area contributed by atoms with Crippen LogP contribution in [-0.2, 0) is 12.8 Å². The highest BCUT2D eigenvalue weighted by Crippen LogP contribution is 2.28. The molecule has 2 aromatic rings. The number of rotatable bonds is 4. The smallest absolute Gasteiger partial charge is 0.336 e. The molecule has 3 heteroatoms. The van der Waals surface area contributed by atoms with Gasteiger partial charge in [-0.2, -0.15) is 0 Å². The molecule has 98 valence electrons. The number of hydrogen-bond donors (Lipinski definition) is 1. The summed E-state index contributed by atoms with van der Waals surface area (Å²) in [7, 11) is 0. The topological polar surface area (TPSA) is 50.2 Å². The fraction of sp³-hybridized carbons (Fsp3) is 0.250. The third-order valence-electron chi connectivity index (χ3n) is 3.31. The maximum atomic E-state index is 11.3. The van der Waals surface area contributed by atoms with Gasteiger partial charge in [0, 0.05) is 18.0 Å². The fourth-order valence-corrected chi connectivity index (χ4v) is 2.20. The molecule has 1 aromatic heterocycles. The average molecular weight is 255 g/mol. The highest BCUT2D eigenvalue weighted by molar-refractivity contribution is 5.96. The summed E-state index contributed by atoms with van der Waals surface area (Å²) in [6.45, 7) is 4.16. The van der Waals surface area contributed by atoms with E-state index in [4.69, 9.17) is 0 Å². The van der Waals surface area contributed by atoms with Crippen LogP contribution in [0.15, 0.2) is 36.7 Å². The summed E-state index contributed by atoms with van der Waals surface area (Å²) in [6, 6.07) is 7.80. The molecule has 0 aliphatic carbocycles. The SMILES string of the molecule is CCc1ccc(CC)c(-c2cnccc2C(=O)O)c1. The van der Waals surface area contributed by atoms with E-state index in [1.165, 1.54) is 11.8 Å². The minimum atomic E-state index is -0.915. The van der Waals surface area contributed by atoms with Crippen molar-refractivity contribution in [1.82, 2.24) is 4.98 Å². The van der Waals surface area contributed by atoms with Crippen LogP contribution in [0.25, 0.3) is 11.1 Å². The molecule has 0 saturated carbocycles. The number of carboxylic acids is 1. The predicted octanol–water partition coefficient (Wildman–Crippen LogP) is 3.57. The van der Waals surface area contributed by atoms with Crippen molar-refractivity contribution in [2.45, 2.75) is 26.7 Å². The number of carboxylic acid groups (broad SMARTS) is 1. The first-order valence-electron chi connectivity index (χ1n) is 6.46. The molecule has 0 amide bonds. The summed E-state index contributed by atoms with van der Waals surface area (Å²) in [4.78, 5) is 15.4. The van der Waals surface area contributed by atoms with Gasteiger partial charge in [-0.05, 0) is 35.6 Å². The van der Waals surface area contributed by atoms with Crippen molar-refractivity contribution in [3.8, 4) is 11.1 Å². The zero-order valence-corrected chi connectivity index (χ0v) is 11.2. The van der Waals surface area contributed by atoms with Gasteiger partial charge in [0.15, 0.2) is 0 Å². The Bertz CT molecular complexity index is 605. The second kappa shape index (κ2) is 5.65. The summed E-state index contributed by atoms with van der Waals surface area (Å²) in [5.74, 6) is -0.915. The molecule has 0 unspecified atom stereocenters. The summed E-state index contributed by atoms with van der Waals surface area (Å²) in [6.07, 6.45) is 4.95. The van der Waals surface area contributed by atoms with E-state index < -0.39 is 5.97 Å². The van der Waals surface area contributed by atoms with Crippen LogP contribution >= 0.6 is 0 Å². The third-order valence-corrected chi connectivity index (χ3v) is 3.31. The average Bonchev–Trinajstić information content (AvgIpc) is 2.46. The molecule has 0 fully saturated rings. The van der Waals surface area contributed by atoms with Gasteiger partial charge in [0.1, 0.15) is 0 Å². The molecule has 0 bridgehead atoms. The van der Waals surface area contributed by atoms with E-state index >= 15 is 0 Å². The molecule has 1 N–H and O–H groups in total. The largest absolute Gasteiger partial charge is 0.478 e. The first kappa shape index (κ1) is 13.3. The Balaban J connectivity index is 2.66. The highest BCUT2D eigenvalue weighted by atomic mass is 16.4. The Labute approximate surface area is 112 Å². The monoisotopic (exact) mass is 255 g/mol. The molecule has 0 saturated heterocycles. The molecular weight excluding hydrogens is 238 g/mol. The van der Waals surface area contributed by atoms with Crippen molar-refractivity contribution in [2.75, 3.05) is 0 Å². The Hall–Kier alpha value is -2.16. The molecule has 2 rings (SSSR count). The van der Waals surface area contributed by atoms with E-state index in [1.807, 2.05) is 0 Å². The van der Waals surface area contributed by atoms with Gasteiger partial charge in [-0.15, -0.1) is 0 Å². The zero-order valence-electron chi connectivity index (χ0n) is 11.2. The standard InChI is InChI=1S/C16H17NO2/c1-3-11-5-6-12(4-2)14(9-11)15-10-17-8-7-13(15)16(18)19/h5-10H,3-4H2,1-2H3,(H,18,19). The lowest BCUT2D eigenvalue weighted by molar-refractivity contribution is 0.0697. The fourth-order valence-electron chi connectivity index (χ4n) is 2.20. The Morgan fingerprint density at radius 1 is 1.16 bits per heavy atom. The van der Waals surface area contributed by atoms with Gasteiger partial charge in [-0.3, -0.25) is 4.98 Å². The van der Waals surface area contributed by atoms with Crippen LogP contribution in [0.1, 0.15) is 35.3 Å². The third kappa shape index (κ3) is 2.65. The van der Waals surface area contributed by atoms with Crippen molar-refractivity contribution < 1.29 is 9.90 Å². The Kier molecular flexibility index (Phi) is 3.95. The van der Waals surface area contributed by atoms with E-state index in [1.54, 1.807) is 12.3 Å².